The van der Waals surface area contributed by atoms with Gasteiger partial charge >= 0.3 is 0 Å². The molecule has 0 atom stereocenters. The lowest BCUT2D eigenvalue weighted by Crippen LogP contribution is -1.97. The van der Waals surface area contributed by atoms with Crippen LogP contribution in [0.3, 0.4) is 0 Å². The highest BCUT2D eigenvalue weighted by Gasteiger charge is 2.03. The summed E-state index contributed by atoms with van der Waals surface area (Å²) in [7, 11) is 0. The fraction of sp³-hybridized carbons (Fsp3) is 0.125. The predicted molar refractivity (Wildman–Crippen MR) is 76.1 cm³/mol. The van der Waals surface area contributed by atoms with Gasteiger partial charge in [-0.3, -0.25) is 0 Å². The first-order valence-electron chi connectivity index (χ1n) is 5.95. The predicted octanol–water partition coefficient (Wildman–Crippen LogP) is 3.40. The van der Waals surface area contributed by atoms with Gasteiger partial charge < -0.3 is 9.84 Å². The van der Waals surface area contributed by atoms with Crippen LogP contribution in [0.25, 0.3) is 0 Å². The zero-order valence-electron chi connectivity index (χ0n) is 10.6. The van der Waals surface area contributed by atoms with Crippen LogP contribution in [0.2, 0.25) is 5.02 Å². The second-order valence-corrected chi connectivity index (χ2v) is 4.42. The molecule has 2 aromatic rings. The molecule has 0 spiro atoms. The fourth-order valence-electron chi connectivity index (χ4n) is 1.64. The van der Waals surface area contributed by atoms with Crippen molar-refractivity contribution < 1.29 is 14.2 Å². The van der Waals surface area contributed by atoms with Gasteiger partial charge in [-0.25, -0.2) is 4.39 Å². The second-order valence-electron chi connectivity index (χ2n) is 4.02. The van der Waals surface area contributed by atoms with Gasteiger partial charge in [-0.05, 0) is 18.2 Å². The number of hydrogen-bond donors (Lipinski definition) is 1. The van der Waals surface area contributed by atoms with Crippen LogP contribution in [0.5, 0.6) is 5.75 Å². The molecule has 0 heterocycles. The maximum absolute atomic E-state index is 13.4. The van der Waals surface area contributed by atoms with Crippen molar-refractivity contribution in [3.8, 4) is 17.6 Å². The van der Waals surface area contributed by atoms with Crippen molar-refractivity contribution >= 4 is 11.6 Å². The third-order valence-electron chi connectivity index (χ3n) is 2.54. The number of halogens is 2. The van der Waals surface area contributed by atoms with Crippen molar-refractivity contribution in [2.45, 2.75) is 6.61 Å². The lowest BCUT2D eigenvalue weighted by atomic mass is 10.2. The Balaban J connectivity index is 2.13. The van der Waals surface area contributed by atoms with Crippen molar-refractivity contribution in [3.05, 3.63) is 64.4 Å². The molecular formula is C16H12ClFO2. The number of hydrogen-bond acceptors (Lipinski definition) is 2. The zero-order chi connectivity index (χ0) is 14.4. The van der Waals surface area contributed by atoms with Gasteiger partial charge in [0.1, 0.15) is 24.8 Å². The standard InChI is InChI=1S/C16H12ClFO2/c17-16-6-2-1-5-13(16)11-20-15-9-12(4-3-7-19)8-14(18)10-15/h1-2,5-6,8-10,19H,7,11H2. The average molecular weight is 291 g/mol. The molecule has 0 fully saturated rings. The molecule has 0 aliphatic rings. The minimum atomic E-state index is -0.441. The molecule has 0 unspecified atom stereocenters. The van der Waals surface area contributed by atoms with Gasteiger partial charge in [0.05, 0.1) is 0 Å². The Morgan fingerprint density at radius 1 is 1.20 bits per heavy atom. The summed E-state index contributed by atoms with van der Waals surface area (Å²) in [4.78, 5) is 0. The quantitative estimate of drug-likeness (QED) is 0.878. The van der Waals surface area contributed by atoms with E-state index in [9.17, 15) is 4.39 Å². The molecule has 0 aliphatic heterocycles. The molecule has 0 radical (unpaired) electrons. The molecule has 0 saturated heterocycles. The summed E-state index contributed by atoms with van der Waals surface area (Å²) in [5, 5.41) is 9.24. The lowest BCUT2D eigenvalue weighted by molar-refractivity contribution is 0.304. The van der Waals surface area contributed by atoms with E-state index in [1.54, 1.807) is 12.1 Å². The van der Waals surface area contributed by atoms with Crippen LogP contribution in [0.15, 0.2) is 42.5 Å². The van der Waals surface area contributed by atoms with Crippen LogP contribution >= 0.6 is 11.6 Å². The third-order valence-corrected chi connectivity index (χ3v) is 2.90. The minimum absolute atomic E-state index is 0.246. The number of benzene rings is 2. The van der Waals surface area contributed by atoms with E-state index in [-0.39, 0.29) is 13.2 Å². The third kappa shape index (κ3) is 3.99. The van der Waals surface area contributed by atoms with Crippen molar-refractivity contribution in [1.82, 2.24) is 0 Å². The number of aliphatic hydroxyl groups excluding tert-OH is 1. The first kappa shape index (κ1) is 14.4. The van der Waals surface area contributed by atoms with E-state index in [2.05, 4.69) is 11.8 Å². The molecule has 2 aromatic carbocycles. The molecule has 1 N–H and O–H groups in total. The monoisotopic (exact) mass is 290 g/mol. The van der Waals surface area contributed by atoms with Crippen molar-refractivity contribution in [2.75, 3.05) is 6.61 Å². The Labute approximate surface area is 121 Å². The van der Waals surface area contributed by atoms with E-state index in [4.69, 9.17) is 21.4 Å². The summed E-state index contributed by atoms with van der Waals surface area (Å²) in [5.74, 6) is 5.03. The highest BCUT2D eigenvalue weighted by atomic mass is 35.5. The van der Waals surface area contributed by atoms with Crippen LogP contribution in [0.4, 0.5) is 4.39 Å². The van der Waals surface area contributed by atoms with Gasteiger partial charge in [0, 0.05) is 22.2 Å². The van der Waals surface area contributed by atoms with Gasteiger partial charge in [0.25, 0.3) is 0 Å². The van der Waals surface area contributed by atoms with E-state index in [0.717, 1.165) is 5.56 Å². The Bertz CT molecular complexity index is 659. The van der Waals surface area contributed by atoms with Crippen LogP contribution < -0.4 is 4.74 Å². The van der Waals surface area contributed by atoms with Gasteiger partial charge in [0.2, 0.25) is 0 Å². The van der Waals surface area contributed by atoms with Crippen molar-refractivity contribution in [1.29, 1.82) is 0 Å². The van der Waals surface area contributed by atoms with Crippen molar-refractivity contribution in [3.63, 3.8) is 0 Å². The second kappa shape index (κ2) is 6.95. The summed E-state index contributed by atoms with van der Waals surface area (Å²) in [6.45, 7) is -0.0255. The highest BCUT2D eigenvalue weighted by Crippen LogP contribution is 2.20. The van der Waals surface area contributed by atoms with Crippen LogP contribution in [0, 0.1) is 17.7 Å². The molecule has 0 aromatic heterocycles. The summed E-state index contributed by atoms with van der Waals surface area (Å²) in [6, 6.07) is 11.5. The molecule has 0 bridgehead atoms. The summed E-state index contributed by atoms with van der Waals surface area (Å²) < 4.78 is 18.9. The minimum Gasteiger partial charge on any atom is -0.489 e. The lowest BCUT2D eigenvalue weighted by Gasteiger charge is -2.08. The first-order valence-corrected chi connectivity index (χ1v) is 6.33. The highest BCUT2D eigenvalue weighted by molar-refractivity contribution is 6.31. The molecule has 0 saturated carbocycles. The number of aliphatic hydroxyl groups is 1. The van der Waals surface area contributed by atoms with Crippen LogP contribution in [-0.2, 0) is 6.61 Å². The molecule has 2 nitrogen and oxygen atoms in total. The van der Waals surface area contributed by atoms with E-state index < -0.39 is 5.82 Å². The topological polar surface area (TPSA) is 29.5 Å². The van der Waals surface area contributed by atoms with Gasteiger partial charge in [-0.15, -0.1) is 0 Å². The molecule has 0 aliphatic carbocycles. The van der Waals surface area contributed by atoms with E-state index in [1.807, 2.05) is 18.2 Å². The van der Waals surface area contributed by atoms with E-state index >= 15 is 0 Å². The maximum Gasteiger partial charge on any atom is 0.128 e. The maximum atomic E-state index is 13.4. The van der Waals surface area contributed by atoms with E-state index in [0.29, 0.717) is 16.3 Å². The Kier molecular flexibility index (Phi) is 5.00. The molecule has 20 heavy (non-hydrogen) atoms. The van der Waals surface area contributed by atoms with Gasteiger partial charge in [0.15, 0.2) is 0 Å². The molecule has 4 heteroatoms. The number of rotatable bonds is 3. The Hall–Kier alpha value is -2.02. The molecular weight excluding hydrogens is 279 g/mol. The van der Waals surface area contributed by atoms with Gasteiger partial charge in [-0.1, -0.05) is 41.6 Å². The summed E-state index contributed by atoms with van der Waals surface area (Å²) in [5.41, 5.74) is 1.27. The normalized spacial score (nSPS) is 9.75. The Morgan fingerprint density at radius 3 is 2.75 bits per heavy atom. The smallest absolute Gasteiger partial charge is 0.128 e. The molecule has 102 valence electrons. The fourth-order valence-corrected chi connectivity index (χ4v) is 1.83. The SMILES string of the molecule is OCC#Cc1cc(F)cc(OCc2ccccc2Cl)c1. The Morgan fingerprint density at radius 2 is 2.00 bits per heavy atom. The van der Waals surface area contributed by atoms with Crippen molar-refractivity contribution in [2.24, 2.45) is 0 Å². The average Bonchev–Trinajstić information content (AvgIpc) is 2.44. The van der Waals surface area contributed by atoms with E-state index in [1.165, 1.54) is 12.1 Å². The molecule has 2 rings (SSSR count). The van der Waals surface area contributed by atoms with Gasteiger partial charge in [-0.2, -0.15) is 0 Å². The van der Waals surface area contributed by atoms with Crippen LogP contribution in [-0.4, -0.2) is 11.7 Å². The molecule has 0 amide bonds. The zero-order valence-corrected chi connectivity index (χ0v) is 11.3. The first-order chi connectivity index (χ1) is 9.69. The summed E-state index contributed by atoms with van der Waals surface area (Å²) in [6.07, 6.45) is 0. The number of ether oxygens (including phenoxy) is 1. The summed E-state index contributed by atoms with van der Waals surface area (Å²) >= 11 is 6.02. The largest absolute Gasteiger partial charge is 0.489 e. The van der Waals surface area contributed by atoms with Crippen LogP contribution in [0.1, 0.15) is 11.1 Å².